The second kappa shape index (κ2) is 11.7. The van der Waals surface area contributed by atoms with Crippen LogP contribution < -0.4 is 16.0 Å². The number of imidazole rings is 1. The summed E-state index contributed by atoms with van der Waals surface area (Å²) in [6.07, 6.45) is 7.63. The highest BCUT2D eigenvalue weighted by Gasteiger charge is 2.28. The molecule has 2 aromatic rings. The Kier molecular flexibility index (Phi) is 9.26. The van der Waals surface area contributed by atoms with E-state index < -0.39 is 0 Å². The van der Waals surface area contributed by atoms with Crippen molar-refractivity contribution in [3.8, 4) is 0 Å². The fraction of sp³-hybridized carbons (Fsp3) is 0.450. The van der Waals surface area contributed by atoms with Crippen LogP contribution in [0.4, 0.5) is 0 Å². The number of halogens is 1. The number of guanidine groups is 1. The lowest BCUT2D eigenvalue weighted by Crippen LogP contribution is -2.41. The van der Waals surface area contributed by atoms with Gasteiger partial charge in [0.2, 0.25) is 5.91 Å². The number of carbonyl (C=O) groups excluding carboxylic acids is 1. The number of aromatic nitrogens is 2. The molecule has 3 N–H and O–H groups in total. The second-order valence-electron chi connectivity index (χ2n) is 6.74. The van der Waals surface area contributed by atoms with Crippen molar-refractivity contribution in [1.82, 2.24) is 25.5 Å². The van der Waals surface area contributed by atoms with E-state index in [-0.39, 0.29) is 35.8 Å². The predicted molar refractivity (Wildman–Crippen MR) is 122 cm³/mol. The molecule has 8 heteroatoms. The molecule has 28 heavy (non-hydrogen) atoms. The standard InChI is InChI=1S/C20H28N6O.HI/c1-2-22-20(24-10-9-23-19(27)18-7-8-18)25-13-16-3-5-17(6-4-16)14-26-12-11-21-15-26;/h3-6,11-12,15,18H,2,7-10,13-14H2,1H3,(H,23,27)(H2,22,24,25);1H. The summed E-state index contributed by atoms with van der Waals surface area (Å²) < 4.78 is 2.04. The van der Waals surface area contributed by atoms with Crippen LogP contribution in [0, 0.1) is 5.92 Å². The average molecular weight is 496 g/mol. The summed E-state index contributed by atoms with van der Waals surface area (Å²) in [6, 6.07) is 8.46. The van der Waals surface area contributed by atoms with E-state index >= 15 is 0 Å². The number of amides is 1. The molecular weight excluding hydrogens is 467 g/mol. The van der Waals surface area contributed by atoms with Crippen LogP contribution in [0.25, 0.3) is 0 Å². The van der Waals surface area contributed by atoms with Gasteiger partial charge in [-0.25, -0.2) is 9.98 Å². The minimum Gasteiger partial charge on any atom is -0.357 e. The van der Waals surface area contributed by atoms with E-state index in [1.165, 1.54) is 5.56 Å². The highest BCUT2D eigenvalue weighted by molar-refractivity contribution is 14.0. The molecule has 0 unspecified atom stereocenters. The Bertz CT molecular complexity index is 741. The fourth-order valence-corrected chi connectivity index (χ4v) is 2.71. The van der Waals surface area contributed by atoms with Crippen molar-refractivity contribution in [3.05, 3.63) is 54.1 Å². The maximum atomic E-state index is 11.6. The average Bonchev–Trinajstić information content (AvgIpc) is 3.42. The Morgan fingerprint density at radius 1 is 1.14 bits per heavy atom. The normalized spacial score (nSPS) is 13.5. The van der Waals surface area contributed by atoms with Gasteiger partial charge in [-0.3, -0.25) is 4.79 Å². The molecule has 3 rings (SSSR count). The maximum Gasteiger partial charge on any atom is 0.223 e. The summed E-state index contributed by atoms with van der Waals surface area (Å²) in [5.74, 6) is 1.19. The van der Waals surface area contributed by atoms with Crippen molar-refractivity contribution >= 4 is 35.8 Å². The highest BCUT2D eigenvalue weighted by Crippen LogP contribution is 2.28. The van der Waals surface area contributed by atoms with Crippen molar-refractivity contribution in [1.29, 1.82) is 0 Å². The lowest BCUT2D eigenvalue weighted by molar-refractivity contribution is -0.122. The molecule has 1 heterocycles. The summed E-state index contributed by atoms with van der Waals surface area (Å²) in [5.41, 5.74) is 2.39. The van der Waals surface area contributed by atoms with Crippen LogP contribution in [-0.2, 0) is 17.9 Å². The number of nitrogens with one attached hydrogen (secondary N) is 3. The Labute approximate surface area is 183 Å². The van der Waals surface area contributed by atoms with Gasteiger partial charge >= 0.3 is 0 Å². The molecule has 1 saturated carbocycles. The maximum absolute atomic E-state index is 11.6. The number of hydrogen-bond acceptors (Lipinski definition) is 3. The summed E-state index contributed by atoms with van der Waals surface area (Å²) in [6.45, 7) is 5.54. The van der Waals surface area contributed by atoms with Gasteiger partial charge in [-0.05, 0) is 30.9 Å². The van der Waals surface area contributed by atoms with Crippen molar-refractivity contribution in [3.63, 3.8) is 0 Å². The van der Waals surface area contributed by atoms with Crippen LogP contribution in [0.1, 0.15) is 30.9 Å². The zero-order valence-electron chi connectivity index (χ0n) is 16.2. The van der Waals surface area contributed by atoms with E-state index in [2.05, 4.69) is 50.2 Å². The molecule has 0 spiro atoms. The Hall–Kier alpha value is -2.10. The first-order valence-corrected chi connectivity index (χ1v) is 9.58. The summed E-state index contributed by atoms with van der Waals surface area (Å²) >= 11 is 0. The highest BCUT2D eigenvalue weighted by atomic mass is 127. The third-order valence-corrected chi connectivity index (χ3v) is 4.38. The summed E-state index contributed by atoms with van der Waals surface area (Å²) in [7, 11) is 0. The number of hydrogen-bond donors (Lipinski definition) is 3. The molecule has 0 radical (unpaired) electrons. The molecule has 1 fully saturated rings. The molecule has 0 aliphatic heterocycles. The van der Waals surface area contributed by atoms with E-state index in [1.807, 2.05) is 24.0 Å². The molecular formula is C20H29IN6O. The van der Waals surface area contributed by atoms with E-state index in [1.54, 1.807) is 6.20 Å². The Morgan fingerprint density at radius 3 is 2.50 bits per heavy atom. The molecule has 0 saturated heterocycles. The van der Waals surface area contributed by atoms with Crippen LogP contribution >= 0.6 is 24.0 Å². The number of benzene rings is 1. The van der Waals surface area contributed by atoms with Crippen LogP contribution in [0.3, 0.4) is 0 Å². The molecule has 152 valence electrons. The molecule has 1 aliphatic carbocycles. The fourth-order valence-electron chi connectivity index (χ4n) is 2.71. The molecule has 0 bridgehead atoms. The van der Waals surface area contributed by atoms with Crippen LogP contribution in [0.5, 0.6) is 0 Å². The predicted octanol–water partition coefficient (Wildman–Crippen LogP) is 2.13. The van der Waals surface area contributed by atoms with Crippen LogP contribution in [0.2, 0.25) is 0 Å². The summed E-state index contributed by atoms with van der Waals surface area (Å²) in [4.78, 5) is 20.3. The van der Waals surface area contributed by atoms with Gasteiger partial charge in [-0.2, -0.15) is 0 Å². The van der Waals surface area contributed by atoms with Gasteiger partial charge in [-0.1, -0.05) is 24.3 Å². The molecule has 1 aliphatic rings. The van der Waals surface area contributed by atoms with Crippen LogP contribution in [0.15, 0.2) is 48.0 Å². The molecule has 1 aromatic carbocycles. The van der Waals surface area contributed by atoms with E-state index in [4.69, 9.17) is 0 Å². The van der Waals surface area contributed by atoms with Gasteiger partial charge in [-0.15, -0.1) is 24.0 Å². The third-order valence-electron chi connectivity index (χ3n) is 4.38. The quantitative estimate of drug-likeness (QED) is 0.215. The van der Waals surface area contributed by atoms with E-state index in [0.29, 0.717) is 19.6 Å². The smallest absolute Gasteiger partial charge is 0.223 e. The molecule has 1 amide bonds. The topological polar surface area (TPSA) is 83.3 Å². The first kappa shape index (κ1) is 22.2. The molecule has 1 aromatic heterocycles. The minimum absolute atomic E-state index is 0. The lowest BCUT2D eigenvalue weighted by Gasteiger charge is -2.12. The number of carbonyl (C=O) groups is 1. The minimum atomic E-state index is 0. The van der Waals surface area contributed by atoms with Gasteiger partial charge in [0, 0.05) is 44.5 Å². The van der Waals surface area contributed by atoms with E-state index in [9.17, 15) is 4.79 Å². The van der Waals surface area contributed by atoms with Crippen molar-refractivity contribution in [2.24, 2.45) is 10.9 Å². The lowest BCUT2D eigenvalue weighted by atomic mass is 10.1. The summed E-state index contributed by atoms with van der Waals surface area (Å²) in [5, 5.41) is 9.44. The first-order chi connectivity index (χ1) is 13.2. The molecule has 0 atom stereocenters. The van der Waals surface area contributed by atoms with Crippen molar-refractivity contribution < 1.29 is 4.79 Å². The second-order valence-corrected chi connectivity index (χ2v) is 6.74. The van der Waals surface area contributed by atoms with Gasteiger partial charge < -0.3 is 20.5 Å². The number of aliphatic imine (C=N–C) groups is 1. The zero-order chi connectivity index (χ0) is 18.9. The largest absolute Gasteiger partial charge is 0.357 e. The van der Waals surface area contributed by atoms with Gasteiger partial charge in [0.05, 0.1) is 12.9 Å². The van der Waals surface area contributed by atoms with Gasteiger partial charge in [0.25, 0.3) is 0 Å². The number of nitrogens with zero attached hydrogens (tertiary/aromatic N) is 3. The van der Waals surface area contributed by atoms with Crippen molar-refractivity contribution in [2.75, 3.05) is 19.6 Å². The zero-order valence-corrected chi connectivity index (χ0v) is 18.6. The van der Waals surface area contributed by atoms with Crippen LogP contribution in [-0.4, -0.2) is 41.1 Å². The number of rotatable bonds is 9. The Morgan fingerprint density at radius 2 is 1.86 bits per heavy atom. The Balaban J connectivity index is 0.00000280. The third kappa shape index (κ3) is 7.49. The SMILES string of the molecule is CCNC(=NCc1ccc(Cn2ccnc2)cc1)NCCNC(=O)C1CC1.I. The monoisotopic (exact) mass is 496 g/mol. The van der Waals surface area contributed by atoms with E-state index in [0.717, 1.165) is 37.5 Å². The van der Waals surface area contributed by atoms with Crippen molar-refractivity contribution in [2.45, 2.75) is 32.9 Å². The first-order valence-electron chi connectivity index (χ1n) is 9.58. The van der Waals surface area contributed by atoms with Gasteiger partial charge in [0.15, 0.2) is 5.96 Å². The molecule has 7 nitrogen and oxygen atoms in total. The van der Waals surface area contributed by atoms with Gasteiger partial charge in [0.1, 0.15) is 0 Å².